The molecule has 0 amide bonds. The minimum absolute atomic E-state index is 0.0748. The molecule has 0 saturated carbocycles. The van der Waals surface area contributed by atoms with Gasteiger partial charge in [0.25, 0.3) is 0 Å². The Kier molecular flexibility index (Phi) is 50.4. The SMILES string of the molecule is CC/C=C\C/C=C\C/C=C\C/C=C\C/C=C\C/C=C\CCCCCCCOCC(COP(=O)(O)OCC[N+](C)(C)C)OC(=O)CCCCCCCCCCC/C=C\C/C=C\C/C=C\C/C=C\C/C=C\CC. The van der Waals surface area contributed by atoms with Gasteiger partial charge in [-0.05, 0) is 109 Å². The molecule has 0 aromatic heterocycles. The molecule has 0 radical (unpaired) electrons. The van der Waals surface area contributed by atoms with Gasteiger partial charge in [-0.3, -0.25) is 13.8 Å². The second kappa shape index (κ2) is 52.9. The number of nitrogens with zero attached hydrogens (tertiary/aromatic N) is 1. The van der Waals surface area contributed by atoms with Crippen molar-refractivity contribution < 1.29 is 37.3 Å². The largest absolute Gasteiger partial charge is 0.472 e. The van der Waals surface area contributed by atoms with E-state index in [4.69, 9.17) is 18.5 Å². The number of carbonyl (C=O) groups excluding carboxylic acids is 1. The molecule has 0 aromatic rings. The minimum atomic E-state index is -4.30. The first kappa shape index (κ1) is 67.6. The first-order chi connectivity index (χ1) is 34.6. The van der Waals surface area contributed by atoms with E-state index in [2.05, 4.69) is 148 Å². The second-order valence-electron chi connectivity index (χ2n) is 19.2. The van der Waals surface area contributed by atoms with Crippen LogP contribution in [0.1, 0.15) is 194 Å². The van der Waals surface area contributed by atoms with Crippen molar-refractivity contribution in [1.29, 1.82) is 0 Å². The van der Waals surface area contributed by atoms with Gasteiger partial charge in [-0.1, -0.05) is 212 Å². The van der Waals surface area contributed by atoms with E-state index in [1.165, 1.54) is 51.4 Å². The van der Waals surface area contributed by atoms with E-state index in [1.807, 2.05) is 21.1 Å². The van der Waals surface area contributed by atoms with Gasteiger partial charge in [0, 0.05) is 13.0 Å². The van der Waals surface area contributed by atoms with E-state index in [0.717, 1.165) is 122 Å². The van der Waals surface area contributed by atoms with Gasteiger partial charge in [0.1, 0.15) is 19.3 Å². The molecular weight excluding hydrogens is 902 g/mol. The molecular formula is C62H105NO7P+. The summed E-state index contributed by atoms with van der Waals surface area (Å²) in [5, 5.41) is 0. The number of carbonyl (C=O) groups is 1. The van der Waals surface area contributed by atoms with Crippen LogP contribution in [0, 0.1) is 0 Å². The number of esters is 1. The van der Waals surface area contributed by atoms with Crippen LogP contribution in [0.2, 0.25) is 0 Å². The maximum Gasteiger partial charge on any atom is 0.472 e. The van der Waals surface area contributed by atoms with E-state index in [0.29, 0.717) is 24.1 Å². The third kappa shape index (κ3) is 57.4. The molecule has 0 bridgehead atoms. The molecule has 71 heavy (non-hydrogen) atoms. The van der Waals surface area contributed by atoms with Crippen molar-refractivity contribution in [2.24, 2.45) is 0 Å². The molecule has 8 nitrogen and oxygen atoms in total. The highest BCUT2D eigenvalue weighted by molar-refractivity contribution is 7.47. The van der Waals surface area contributed by atoms with Crippen LogP contribution >= 0.6 is 7.82 Å². The maximum absolute atomic E-state index is 12.8. The van der Waals surface area contributed by atoms with Crippen LogP contribution in [0.15, 0.2) is 134 Å². The van der Waals surface area contributed by atoms with E-state index < -0.39 is 13.9 Å². The van der Waals surface area contributed by atoms with Gasteiger partial charge in [-0.25, -0.2) is 4.57 Å². The smallest absolute Gasteiger partial charge is 0.457 e. The number of ether oxygens (including phenoxy) is 2. The highest BCUT2D eigenvalue weighted by atomic mass is 31.2. The van der Waals surface area contributed by atoms with Gasteiger partial charge in [-0.15, -0.1) is 0 Å². The molecule has 0 rings (SSSR count). The molecule has 2 unspecified atom stereocenters. The zero-order valence-corrected chi connectivity index (χ0v) is 46.8. The summed E-state index contributed by atoms with van der Waals surface area (Å²) in [7, 11) is 1.63. The average molecular weight is 1010 g/mol. The highest BCUT2D eigenvalue weighted by Crippen LogP contribution is 2.43. The number of allylic oxidation sites excluding steroid dienone is 22. The summed E-state index contributed by atoms with van der Waals surface area (Å²) in [6.07, 6.45) is 77.9. The summed E-state index contributed by atoms with van der Waals surface area (Å²) in [6, 6.07) is 0. The summed E-state index contributed by atoms with van der Waals surface area (Å²) in [6.45, 7) is 5.31. The monoisotopic (exact) mass is 1010 g/mol. The fraction of sp³-hybridized carbons (Fsp3) is 0.629. The maximum atomic E-state index is 12.8. The van der Waals surface area contributed by atoms with Crippen LogP contribution in [0.25, 0.3) is 0 Å². The zero-order chi connectivity index (χ0) is 51.9. The van der Waals surface area contributed by atoms with Crippen molar-refractivity contribution in [1.82, 2.24) is 0 Å². The summed E-state index contributed by atoms with van der Waals surface area (Å²) in [4.78, 5) is 23.1. The predicted octanol–water partition coefficient (Wildman–Crippen LogP) is 17.8. The molecule has 0 aliphatic rings. The normalized spacial score (nSPS) is 14.5. The van der Waals surface area contributed by atoms with Crippen molar-refractivity contribution in [3.05, 3.63) is 134 Å². The molecule has 0 heterocycles. The fourth-order valence-corrected chi connectivity index (χ4v) is 7.74. The third-order valence-corrected chi connectivity index (χ3v) is 12.2. The lowest BCUT2D eigenvalue weighted by atomic mass is 10.1. The number of phosphoric acid groups is 1. The van der Waals surface area contributed by atoms with Gasteiger partial charge in [0.2, 0.25) is 0 Å². The van der Waals surface area contributed by atoms with E-state index >= 15 is 0 Å². The first-order valence-corrected chi connectivity index (χ1v) is 29.4. The zero-order valence-electron chi connectivity index (χ0n) is 45.9. The summed E-state index contributed by atoms with van der Waals surface area (Å²) in [5.41, 5.74) is 0. The highest BCUT2D eigenvalue weighted by Gasteiger charge is 2.26. The van der Waals surface area contributed by atoms with Crippen LogP contribution in [0.3, 0.4) is 0 Å². The van der Waals surface area contributed by atoms with Gasteiger partial charge in [0.05, 0.1) is 34.4 Å². The van der Waals surface area contributed by atoms with Gasteiger partial charge in [-0.2, -0.15) is 0 Å². The Balaban J connectivity index is 4.21. The summed E-state index contributed by atoms with van der Waals surface area (Å²) >= 11 is 0. The molecule has 0 aliphatic heterocycles. The van der Waals surface area contributed by atoms with E-state index in [-0.39, 0.29) is 25.8 Å². The lowest BCUT2D eigenvalue weighted by molar-refractivity contribution is -0.870. The number of phosphoric ester groups is 1. The van der Waals surface area contributed by atoms with Crippen molar-refractivity contribution in [3.8, 4) is 0 Å². The lowest BCUT2D eigenvalue weighted by Gasteiger charge is -2.24. The molecule has 9 heteroatoms. The Bertz CT molecular complexity index is 1590. The lowest BCUT2D eigenvalue weighted by Crippen LogP contribution is -2.37. The van der Waals surface area contributed by atoms with Gasteiger partial charge in [0.15, 0.2) is 0 Å². The van der Waals surface area contributed by atoms with Crippen molar-refractivity contribution >= 4 is 13.8 Å². The fourth-order valence-electron chi connectivity index (χ4n) is 6.99. The summed E-state index contributed by atoms with van der Waals surface area (Å²) in [5.74, 6) is -0.333. The number of hydrogen-bond donors (Lipinski definition) is 1. The second-order valence-corrected chi connectivity index (χ2v) is 20.7. The minimum Gasteiger partial charge on any atom is -0.457 e. The number of likely N-dealkylation sites (N-methyl/N-ethyl adjacent to an activating group) is 1. The number of quaternary nitrogens is 1. The van der Waals surface area contributed by atoms with Gasteiger partial charge >= 0.3 is 13.8 Å². The average Bonchev–Trinajstić information content (AvgIpc) is 3.33. The number of unbranched alkanes of at least 4 members (excludes halogenated alkanes) is 14. The first-order valence-electron chi connectivity index (χ1n) is 27.9. The molecule has 0 fully saturated rings. The van der Waals surface area contributed by atoms with Crippen molar-refractivity contribution in [2.45, 2.75) is 200 Å². The Morgan fingerprint density at radius 3 is 1.15 bits per heavy atom. The number of rotatable bonds is 50. The molecule has 0 aromatic carbocycles. The van der Waals surface area contributed by atoms with E-state index in [1.54, 1.807) is 0 Å². The van der Waals surface area contributed by atoms with Crippen molar-refractivity contribution in [2.75, 3.05) is 54.1 Å². The van der Waals surface area contributed by atoms with Crippen LogP contribution in [0.5, 0.6) is 0 Å². The molecule has 0 spiro atoms. The number of hydrogen-bond acceptors (Lipinski definition) is 6. The Morgan fingerprint density at radius 2 is 0.775 bits per heavy atom. The van der Waals surface area contributed by atoms with Crippen LogP contribution < -0.4 is 0 Å². The van der Waals surface area contributed by atoms with Gasteiger partial charge < -0.3 is 18.9 Å². The summed E-state index contributed by atoms with van der Waals surface area (Å²) < 4.78 is 35.2. The molecule has 0 saturated heterocycles. The Labute approximate surface area is 436 Å². The topological polar surface area (TPSA) is 91.3 Å². The molecule has 404 valence electrons. The molecule has 2 atom stereocenters. The Hall–Kier alpha value is -3.36. The third-order valence-electron chi connectivity index (χ3n) is 11.2. The van der Waals surface area contributed by atoms with E-state index in [9.17, 15) is 14.3 Å². The van der Waals surface area contributed by atoms with Crippen LogP contribution in [-0.4, -0.2) is 75.6 Å². The van der Waals surface area contributed by atoms with Crippen molar-refractivity contribution in [3.63, 3.8) is 0 Å². The van der Waals surface area contributed by atoms with Crippen LogP contribution in [-0.2, 0) is 27.9 Å². The molecule has 0 aliphatic carbocycles. The Morgan fingerprint density at radius 1 is 0.437 bits per heavy atom. The predicted molar refractivity (Wildman–Crippen MR) is 306 cm³/mol. The standard InChI is InChI=1S/C62H104NO7P/c1-6-8-10-12-14-16-18-20-22-24-26-28-30-32-33-35-37-39-41-43-45-47-49-51-53-55-62(64)70-61(60-69-71(65,66)68-58-56-63(3,4)5)59-67-57-54-52-50-48-46-44-42-40-38-36-34-31-29-27-25-23-21-19-17-15-13-11-9-7-2/h8-11,14-17,20-23,26-29,32-34,36,40,42,61H,6-7,12-13,18-19,24-25,30-31,35,37-39,41,43-60H2,1-5H3/p+1/b10-8-,11-9-,16-14-,17-15-,22-20-,23-21-,28-26-,29-27-,33-32-,36-34-,42-40-. The molecule has 1 N–H and O–H groups in total. The quantitative estimate of drug-likeness (QED) is 0.0213. The van der Waals surface area contributed by atoms with Crippen LogP contribution in [0.4, 0.5) is 0 Å².